The van der Waals surface area contributed by atoms with Gasteiger partial charge in [-0.25, -0.2) is 0 Å². The van der Waals surface area contributed by atoms with Crippen molar-refractivity contribution in [3.63, 3.8) is 0 Å². The molecule has 1 aliphatic rings. The molecule has 1 nitrogen and oxygen atoms in total. The highest BCUT2D eigenvalue weighted by atomic mass is 79.9. The van der Waals surface area contributed by atoms with Gasteiger partial charge in [-0.05, 0) is 49.1 Å². The number of alkyl halides is 1. The van der Waals surface area contributed by atoms with E-state index in [2.05, 4.69) is 70.2 Å². The minimum atomic E-state index is 0.496. The molecule has 0 saturated carbocycles. The molecule has 0 aliphatic carbocycles. The van der Waals surface area contributed by atoms with Crippen LogP contribution in [0.5, 0.6) is 0 Å². The Kier molecular flexibility index (Phi) is 4.04. The Morgan fingerprint density at radius 1 is 1.25 bits per heavy atom. The maximum Gasteiger partial charge on any atom is 0.0467 e. The number of anilines is 2. The van der Waals surface area contributed by atoms with Gasteiger partial charge in [0.15, 0.2) is 0 Å². The van der Waals surface area contributed by atoms with Crippen LogP contribution >= 0.6 is 27.5 Å². The molecular weight excluding hydrogens is 334 g/mol. The average Bonchev–Trinajstić information content (AvgIpc) is 2.47. The first-order valence-corrected chi connectivity index (χ1v) is 8.42. The molecule has 3 heteroatoms. The number of rotatable bonds is 2. The molecule has 0 N–H and O–H groups in total. The van der Waals surface area contributed by atoms with Gasteiger partial charge >= 0.3 is 0 Å². The first kappa shape index (κ1) is 14.0. The van der Waals surface area contributed by atoms with Gasteiger partial charge in [-0.1, -0.05) is 51.8 Å². The van der Waals surface area contributed by atoms with Crippen LogP contribution in [0.2, 0.25) is 5.02 Å². The molecule has 1 aliphatic heterocycles. The van der Waals surface area contributed by atoms with Gasteiger partial charge in [-0.15, -0.1) is 0 Å². The summed E-state index contributed by atoms with van der Waals surface area (Å²) in [5, 5.41) is 1.62. The van der Waals surface area contributed by atoms with Crippen molar-refractivity contribution in [1.29, 1.82) is 0 Å². The van der Waals surface area contributed by atoms with E-state index in [4.69, 9.17) is 11.6 Å². The lowest BCUT2D eigenvalue weighted by molar-refractivity contribution is 0.618. The molecule has 1 heterocycles. The maximum absolute atomic E-state index is 6.37. The van der Waals surface area contributed by atoms with Crippen molar-refractivity contribution >= 4 is 38.9 Å². The molecule has 2 aromatic rings. The van der Waals surface area contributed by atoms with Crippen LogP contribution in [0.15, 0.2) is 42.5 Å². The fraction of sp³-hybridized carbons (Fsp3) is 0.294. The van der Waals surface area contributed by atoms with Crippen LogP contribution in [0.1, 0.15) is 24.5 Å². The van der Waals surface area contributed by atoms with Gasteiger partial charge in [0.05, 0.1) is 0 Å². The van der Waals surface area contributed by atoms with Crippen molar-refractivity contribution in [2.45, 2.75) is 31.1 Å². The van der Waals surface area contributed by atoms with Gasteiger partial charge in [0, 0.05) is 27.8 Å². The lowest BCUT2D eigenvalue weighted by Gasteiger charge is -2.37. The topological polar surface area (TPSA) is 3.24 Å². The van der Waals surface area contributed by atoms with Crippen molar-refractivity contribution < 1.29 is 0 Å². The molecule has 1 atom stereocenters. The third-order valence-electron chi connectivity index (χ3n) is 3.98. The summed E-state index contributed by atoms with van der Waals surface area (Å²) in [6, 6.07) is 15.5. The van der Waals surface area contributed by atoms with Crippen LogP contribution in [0, 0.1) is 0 Å². The monoisotopic (exact) mass is 349 g/mol. The van der Waals surface area contributed by atoms with Crippen LogP contribution in [0.25, 0.3) is 0 Å². The van der Waals surface area contributed by atoms with E-state index in [1.54, 1.807) is 0 Å². The van der Waals surface area contributed by atoms with Gasteiger partial charge in [0.2, 0.25) is 0 Å². The van der Waals surface area contributed by atoms with E-state index in [0.29, 0.717) is 6.04 Å². The van der Waals surface area contributed by atoms with E-state index in [9.17, 15) is 0 Å². The molecule has 0 spiro atoms. The number of nitrogens with zero attached hydrogens (tertiary/aromatic N) is 1. The van der Waals surface area contributed by atoms with Gasteiger partial charge in [0.1, 0.15) is 0 Å². The van der Waals surface area contributed by atoms with E-state index in [1.807, 2.05) is 0 Å². The molecule has 3 rings (SSSR count). The van der Waals surface area contributed by atoms with Crippen molar-refractivity contribution in [3.8, 4) is 0 Å². The third-order valence-corrected chi connectivity index (χ3v) is 4.94. The van der Waals surface area contributed by atoms with Crippen molar-refractivity contribution in [2.24, 2.45) is 0 Å². The summed E-state index contributed by atoms with van der Waals surface area (Å²) >= 11 is 9.84. The second kappa shape index (κ2) is 5.79. The number of halogens is 2. The molecule has 0 fully saturated rings. The maximum atomic E-state index is 6.37. The average molecular weight is 351 g/mol. The third kappa shape index (κ3) is 2.47. The standard InChI is InChI=1S/C17H17BrClN/c1-12-6-7-13-4-2-3-5-17(13)20(12)15-9-8-14(11-18)16(19)10-15/h2-5,8-10,12H,6-7,11H2,1H3. The van der Waals surface area contributed by atoms with E-state index in [0.717, 1.165) is 22.3 Å². The zero-order chi connectivity index (χ0) is 14.1. The zero-order valence-corrected chi connectivity index (χ0v) is 13.8. The predicted molar refractivity (Wildman–Crippen MR) is 90.4 cm³/mol. The van der Waals surface area contributed by atoms with E-state index in [-0.39, 0.29) is 0 Å². The molecule has 0 amide bonds. The highest BCUT2D eigenvalue weighted by Gasteiger charge is 2.24. The normalized spacial score (nSPS) is 17.9. The lowest BCUT2D eigenvalue weighted by Crippen LogP contribution is -2.33. The Morgan fingerprint density at radius 3 is 2.80 bits per heavy atom. The van der Waals surface area contributed by atoms with Gasteiger partial charge in [-0.2, -0.15) is 0 Å². The Hall–Kier alpha value is -0.990. The number of para-hydroxylation sites is 1. The van der Waals surface area contributed by atoms with E-state index < -0.39 is 0 Å². The quantitative estimate of drug-likeness (QED) is 0.627. The summed E-state index contributed by atoms with van der Waals surface area (Å²) in [5.74, 6) is 0. The second-order valence-electron chi connectivity index (χ2n) is 5.30. The summed E-state index contributed by atoms with van der Waals surface area (Å²) in [4.78, 5) is 2.41. The molecule has 1 unspecified atom stereocenters. The van der Waals surface area contributed by atoms with Crippen molar-refractivity contribution in [2.75, 3.05) is 4.90 Å². The molecule has 104 valence electrons. The highest BCUT2D eigenvalue weighted by molar-refractivity contribution is 9.08. The number of hydrogen-bond acceptors (Lipinski definition) is 1. The predicted octanol–water partition coefficient (Wildman–Crippen LogP) is 5.71. The van der Waals surface area contributed by atoms with E-state index >= 15 is 0 Å². The Labute approximate surface area is 133 Å². The molecule has 0 aromatic heterocycles. The zero-order valence-electron chi connectivity index (χ0n) is 11.4. The molecule has 0 radical (unpaired) electrons. The fourth-order valence-corrected chi connectivity index (χ4v) is 3.77. The summed E-state index contributed by atoms with van der Waals surface area (Å²) in [6.45, 7) is 2.28. The van der Waals surface area contributed by atoms with Crippen molar-refractivity contribution in [1.82, 2.24) is 0 Å². The highest BCUT2D eigenvalue weighted by Crippen LogP contribution is 2.38. The fourth-order valence-electron chi connectivity index (χ4n) is 2.88. The summed E-state index contributed by atoms with van der Waals surface area (Å²) in [5.41, 5.74) is 5.05. The lowest BCUT2D eigenvalue weighted by atomic mass is 9.96. The summed E-state index contributed by atoms with van der Waals surface area (Å²) < 4.78 is 0. The Morgan fingerprint density at radius 2 is 2.05 bits per heavy atom. The molecule has 0 saturated heterocycles. The first-order valence-electron chi connectivity index (χ1n) is 6.92. The second-order valence-corrected chi connectivity index (χ2v) is 6.26. The number of benzene rings is 2. The van der Waals surface area contributed by atoms with Crippen LogP contribution in [-0.2, 0) is 11.8 Å². The summed E-state index contributed by atoms with van der Waals surface area (Å²) in [6.07, 6.45) is 2.33. The Bertz CT molecular complexity index is 626. The van der Waals surface area contributed by atoms with Gasteiger partial charge < -0.3 is 4.90 Å². The molecular formula is C17H17BrClN. The van der Waals surface area contributed by atoms with Crippen LogP contribution in [-0.4, -0.2) is 6.04 Å². The van der Waals surface area contributed by atoms with Crippen LogP contribution < -0.4 is 4.90 Å². The minimum absolute atomic E-state index is 0.496. The number of fused-ring (bicyclic) bond motifs is 1. The summed E-state index contributed by atoms with van der Waals surface area (Å²) in [7, 11) is 0. The van der Waals surface area contributed by atoms with Crippen LogP contribution in [0.3, 0.4) is 0 Å². The minimum Gasteiger partial charge on any atom is -0.338 e. The molecule has 2 aromatic carbocycles. The van der Waals surface area contributed by atoms with Gasteiger partial charge in [-0.3, -0.25) is 0 Å². The van der Waals surface area contributed by atoms with Crippen LogP contribution in [0.4, 0.5) is 11.4 Å². The largest absolute Gasteiger partial charge is 0.338 e. The molecule has 0 bridgehead atoms. The SMILES string of the molecule is CC1CCc2ccccc2N1c1ccc(CBr)c(Cl)c1. The van der Waals surface area contributed by atoms with E-state index in [1.165, 1.54) is 23.4 Å². The smallest absolute Gasteiger partial charge is 0.0467 e. The molecule has 20 heavy (non-hydrogen) atoms. The van der Waals surface area contributed by atoms with Crippen molar-refractivity contribution in [3.05, 3.63) is 58.6 Å². The Balaban J connectivity index is 2.07. The first-order chi connectivity index (χ1) is 9.70. The van der Waals surface area contributed by atoms with Gasteiger partial charge in [0.25, 0.3) is 0 Å². The number of hydrogen-bond donors (Lipinski definition) is 0. The number of aryl methyl sites for hydroxylation is 1.